The lowest BCUT2D eigenvalue weighted by Crippen LogP contribution is -2.47. The van der Waals surface area contributed by atoms with Crippen molar-refractivity contribution in [3.63, 3.8) is 0 Å². The Hall–Kier alpha value is -0.300. The molecule has 2 fully saturated rings. The summed E-state index contributed by atoms with van der Waals surface area (Å²) in [4.78, 5) is 2.35. The van der Waals surface area contributed by atoms with Crippen molar-refractivity contribution in [1.29, 1.82) is 0 Å². The maximum Gasteiger partial charge on any atom is 0.416 e. The average molecular weight is 414 g/mol. The lowest BCUT2D eigenvalue weighted by molar-refractivity contribution is -0.137. The van der Waals surface area contributed by atoms with E-state index in [1.165, 1.54) is 18.6 Å². The molecule has 0 bridgehead atoms. The minimum absolute atomic E-state index is 0. The molecule has 1 aromatic carbocycles. The zero-order valence-electron chi connectivity index (χ0n) is 12.7. The summed E-state index contributed by atoms with van der Waals surface area (Å²) in [5, 5.41) is 3.31. The monoisotopic (exact) mass is 412 g/mol. The number of halogens is 5. The van der Waals surface area contributed by atoms with Gasteiger partial charge in [-0.05, 0) is 42.5 Å². The van der Waals surface area contributed by atoms with Crippen molar-refractivity contribution in [1.82, 2.24) is 10.2 Å². The number of rotatable bonds is 3. The van der Waals surface area contributed by atoms with Crippen molar-refractivity contribution >= 4 is 28.3 Å². The van der Waals surface area contributed by atoms with E-state index in [4.69, 9.17) is 0 Å². The second kappa shape index (κ2) is 7.72. The molecule has 0 aromatic heterocycles. The molecular weight excluding hydrogens is 393 g/mol. The van der Waals surface area contributed by atoms with Gasteiger partial charge in [0.05, 0.1) is 5.56 Å². The number of piperazine rings is 1. The molecule has 1 N–H and O–H groups in total. The molecule has 1 saturated carbocycles. The molecule has 2 aliphatic rings. The van der Waals surface area contributed by atoms with Gasteiger partial charge in [-0.25, -0.2) is 0 Å². The second-order valence-corrected chi connectivity index (χ2v) is 7.11. The van der Waals surface area contributed by atoms with E-state index >= 15 is 0 Å². The number of benzene rings is 1. The van der Waals surface area contributed by atoms with Gasteiger partial charge in [0.2, 0.25) is 0 Å². The highest BCUT2D eigenvalue weighted by Gasteiger charge is 2.36. The summed E-state index contributed by atoms with van der Waals surface area (Å²) >= 11 is 3.26. The Morgan fingerprint density at radius 3 is 2.30 bits per heavy atom. The van der Waals surface area contributed by atoms with Crippen LogP contribution in [0.15, 0.2) is 22.7 Å². The topological polar surface area (TPSA) is 15.3 Å². The van der Waals surface area contributed by atoms with Gasteiger partial charge in [-0.2, -0.15) is 13.2 Å². The van der Waals surface area contributed by atoms with E-state index in [0.29, 0.717) is 10.4 Å². The first kappa shape index (κ1) is 19.0. The van der Waals surface area contributed by atoms with Crippen molar-refractivity contribution in [2.45, 2.75) is 31.5 Å². The van der Waals surface area contributed by atoms with Gasteiger partial charge in [0.15, 0.2) is 0 Å². The van der Waals surface area contributed by atoms with Crippen LogP contribution in [-0.4, -0.2) is 31.1 Å². The van der Waals surface area contributed by atoms with Crippen LogP contribution in [0.25, 0.3) is 0 Å². The Bertz CT molecular complexity index is 529. The van der Waals surface area contributed by atoms with Gasteiger partial charge in [0.1, 0.15) is 0 Å². The summed E-state index contributed by atoms with van der Waals surface area (Å²) in [6.07, 6.45) is -0.884. The summed E-state index contributed by atoms with van der Waals surface area (Å²) in [6, 6.07) is 4.48. The molecule has 1 aromatic rings. The molecule has 0 amide bonds. The molecule has 1 aliphatic heterocycles. The van der Waals surface area contributed by atoms with Crippen molar-refractivity contribution < 1.29 is 13.2 Å². The Balaban J connectivity index is 0.00000192. The number of alkyl halides is 3. The lowest BCUT2D eigenvalue weighted by atomic mass is 9.76. The van der Waals surface area contributed by atoms with Gasteiger partial charge in [-0.3, -0.25) is 4.90 Å². The largest absolute Gasteiger partial charge is 0.416 e. The molecular formula is C16H21BrClF3N2. The Kier molecular flexibility index (Phi) is 6.39. The molecule has 2 nitrogen and oxygen atoms in total. The quantitative estimate of drug-likeness (QED) is 0.777. The molecule has 0 unspecified atom stereocenters. The van der Waals surface area contributed by atoms with E-state index in [0.717, 1.165) is 44.6 Å². The average Bonchev–Trinajstić information content (AvgIpc) is 2.42. The van der Waals surface area contributed by atoms with Crippen molar-refractivity contribution in [3.05, 3.63) is 33.8 Å². The third-order valence-corrected chi connectivity index (χ3v) is 5.19. The normalized spacial score (nSPS) is 21.4. The molecule has 130 valence electrons. The standard InChI is InChI=1S/C16H20BrF3N2.ClH/c17-14-9-12(8-13(10-14)16(18,19)20)15(11-2-1-3-11)22-6-4-21-5-7-22;/h8-11,15,21H,1-7H2;1H/t15-;/m0./s1. The highest BCUT2D eigenvalue weighted by atomic mass is 79.9. The molecule has 0 radical (unpaired) electrons. The molecule has 7 heteroatoms. The SMILES string of the molecule is Cl.FC(F)(F)c1cc(Br)cc([C@H](C2CCC2)N2CCNCC2)c1. The van der Waals surface area contributed by atoms with Gasteiger partial charge in [-0.1, -0.05) is 22.4 Å². The van der Waals surface area contributed by atoms with E-state index in [1.54, 1.807) is 0 Å². The molecule has 1 saturated heterocycles. The number of hydrogen-bond donors (Lipinski definition) is 1. The fourth-order valence-electron chi connectivity index (χ4n) is 3.44. The van der Waals surface area contributed by atoms with E-state index in [2.05, 4.69) is 26.1 Å². The van der Waals surface area contributed by atoms with E-state index in [9.17, 15) is 13.2 Å². The van der Waals surface area contributed by atoms with Crippen LogP contribution in [0, 0.1) is 5.92 Å². The fourth-order valence-corrected chi connectivity index (χ4v) is 3.95. The zero-order chi connectivity index (χ0) is 15.7. The zero-order valence-corrected chi connectivity index (χ0v) is 15.1. The van der Waals surface area contributed by atoms with Crippen LogP contribution in [0.4, 0.5) is 13.2 Å². The van der Waals surface area contributed by atoms with E-state index in [-0.39, 0.29) is 18.4 Å². The second-order valence-electron chi connectivity index (χ2n) is 6.19. The Labute approximate surface area is 149 Å². The van der Waals surface area contributed by atoms with E-state index < -0.39 is 11.7 Å². The number of nitrogens with zero attached hydrogens (tertiary/aromatic N) is 1. The van der Waals surface area contributed by atoms with Crippen molar-refractivity contribution in [3.8, 4) is 0 Å². The third-order valence-electron chi connectivity index (χ3n) is 4.73. The maximum absolute atomic E-state index is 13.1. The first-order valence-electron chi connectivity index (χ1n) is 7.77. The summed E-state index contributed by atoms with van der Waals surface area (Å²) in [6.45, 7) is 3.61. The maximum atomic E-state index is 13.1. The molecule has 0 spiro atoms. The molecule has 1 heterocycles. The Morgan fingerprint density at radius 2 is 1.78 bits per heavy atom. The van der Waals surface area contributed by atoms with Gasteiger partial charge in [-0.15, -0.1) is 12.4 Å². The fraction of sp³-hybridized carbons (Fsp3) is 0.625. The molecule has 23 heavy (non-hydrogen) atoms. The van der Waals surface area contributed by atoms with Crippen LogP contribution < -0.4 is 5.32 Å². The number of nitrogens with one attached hydrogen (secondary N) is 1. The van der Waals surface area contributed by atoms with Crippen LogP contribution >= 0.6 is 28.3 Å². The van der Waals surface area contributed by atoms with Gasteiger partial charge < -0.3 is 5.32 Å². The van der Waals surface area contributed by atoms with Crippen molar-refractivity contribution in [2.75, 3.05) is 26.2 Å². The van der Waals surface area contributed by atoms with Crippen molar-refractivity contribution in [2.24, 2.45) is 5.92 Å². The smallest absolute Gasteiger partial charge is 0.314 e. The predicted molar refractivity (Wildman–Crippen MR) is 90.9 cm³/mol. The molecule has 1 atom stereocenters. The van der Waals surface area contributed by atoms with Crippen LogP contribution in [0.3, 0.4) is 0 Å². The summed E-state index contributed by atoms with van der Waals surface area (Å²) in [5.74, 6) is 0.480. The van der Waals surface area contributed by atoms with Crippen LogP contribution in [0.2, 0.25) is 0 Å². The minimum Gasteiger partial charge on any atom is -0.314 e. The summed E-state index contributed by atoms with van der Waals surface area (Å²) in [5.41, 5.74) is 0.240. The third kappa shape index (κ3) is 4.41. The highest BCUT2D eigenvalue weighted by Crippen LogP contribution is 2.43. The summed E-state index contributed by atoms with van der Waals surface area (Å²) < 4.78 is 39.8. The van der Waals surface area contributed by atoms with Gasteiger partial charge in [0, 0.05) is 36.7 Å². The Morgan fingerprint density at radius 1 is 1.13 bits per heavy atom. The predicted octanol–water partition coefficient (Wildman–Crippen LogP) is 4.64. The lowest BCUT2D eigenvalue weighted by Gasteiger charge is -2.43. The van der Waals surface area contributed by atoms with Gasteiger partial charge >= 0.3 is 6.18 Å². The summed E-state index contributed by atoms with van der Waals surface area (Å²) in [7, 11) is 0. The van der Waals surface area contributed by atoms with Gasteiger partial charge in [0.25, 0.3) is 0 Å². The first-order chi connectivity index (χ1) is 10.4. The first-order valence-corrected chi connectivity index (χ1v) is 8.57. The molecule has 3 rings (SSSR count). The van der Waals surface area contributed by atoms with Crippen LogP contribution in [0.1, 0.15) is 36.4 Å². The van der Waals surface area contributed by atoms with Crippen LogP contribution in [-0.2, 0) is 6.18 Å². The van der Waals surface area contributed by atoms with Crippen LogP contribution in [0.5, 0.6) is 0 Å². The minimum atomic E-state index is -4.30. The highest BCUT2D eigenvalue weighted by molar-refractivity contribution is 9.10. The number of hydrogen-bond acceptors (Lipinski definition) is 2. The molecule has 1 aliphatic carbocycles. The van der Waals surface area contributed by atoms with E-state index in [1.807, 2.05) is 6.07 Å².